The smallest absolute Gasteiger partial charge is 0.475 e. The van der Waals surface area contributed by atoms with Crippen molar-refractivity contribution in [1.82, 2.24) is 14.7 Å². The zero-order chi connectivity index (χ0) is 33.0. The Morgan fingerprint density at radius 3 is 1.70 bits per heavy atom. The lowest BCUT2D eigenvalue weighted by atomic mass is 10.1. The van der Waals surface area contributed by atoms with Crippen LogP contribution in [0.4, 0.5) is 39.5 Å². The van der Waals surface area contributed by atoms with Crippen molar-refractivity contribution in [2.45, 2.75) is 50.1 Å². The zero-order valence-corrected chi connectivity index (χ0v) is 23.1. The number of hydrogen-bond acceptors (Lipinski definition) is 8. The fourth-order valence-electron chi connectivity index (χ4n) is 4.16. The van der Waals surface area contributed by atoms with Gasteiger partial charge in [-0.05, 0) is 48.3 Å². The second-order valence-corrected chi connectivity index (χ2v) is 10.1. The molecule has 248 valence electrons. The predicted octanol–water partition coefficient (Wildman–Crippen LogP) is 3.63. The summed E-state index contributed by atoms with van der Waals surface area (Å²) in [4.78, 5) is 34.6. The van der Waals surface area contributed by atoms with Crippen LogP contribution in [-0.4, -0.2) is 131 Å². The molecule has 0 amide bonds. The average molecular weight is 664 g/mol. The van der Waals surface area contributed by atoms with E-state index in [1.807, 2.05) is 0 Å². The van der Waals surface area contributed by atoms with Crippen molar-refractivity contribution in [2.24, 2.45) is 0 Å². The van der Waals surface area contributed by atoms with Crippen molar-refractivity contribution in [3.8, 4) is 0 Å². The molecule has 43 heavy (non-hydrogen) atoms. The largest absolute Gasteiger partial charge is 0.490 e. The minimum absolute atomic E-state index is 0.422. The number of carboxylic acid groups (broad SMARTS) is 3. The van der Waals surface area contributed by atoms with E-state index in [2.05, 4.69) is 31.5 Å². The normalized spacial score (nSPS) is 21.3. The van der Waals surface area contributed by atoms with Crippen molar-refractivity contribution in [1.29, 1.82) is 0 Å². The molecule has 3 aliphatic heterocycles. The second kappa shape index (κ2) is 17.0. The Kier molecular flexibility index (Phi) is 15.1. The average Bonchev–Trinajstić information content (AvgIpc) is 3.65. The summed E-state index contributed by atoms with van der Waals surface area (Å²) in [5.41, 5.74) is 1.45. The first-order valence-electron chi connectivity index (χ1n) is 12.4. The monoisotopic (exact) mass is 663 g/mol. The summed E-state index contributed by atoms with van der Waals surface area (Å²) >= 11 is 1.80. The standard InChI is InChI=1S/C17H27N3OS.3C2HF3O2/c1-2-5-18(4-1)6-7-20-8-9-21-17-13-19(12-16(17)20)11-15-3-10-22-14-15;3*3-2(4,5)1(6)7/h3,10,14,16-17H,1-2,4-9,11-13H2;3*(H,6,7)/t16-,17+;;;/m1.../s1. The Labute approximate surface area is 243 Å². The number of alkyl halides is 9. The lowest BCUT2D eigenvalue weighted by Crippen LogP contribution is -2.52. The molecule has 0 saturated carbocycles. The summed E-state index contributed by atoms with van der Waals surface area (Å²) in [7, 11) is 0. The number of aliphatic carboxylic acids is 3. The SMILES string of the molecule is O=C(O)C(F)(F)F.O=C(O)C(F)(F)F.O=C(O)C(F)(F)F.c1cc(CN2C[C@@H]3OCCN(CCN4CCCC4)[C@@H]3C2)cs1. The highest BCUT2D eigenvalue weighted by molar-refractivity contribution is 7.07. The van der Waals surface area contributed by atoms with Crippen LogP contribution in [0.15, 0.2) is 16.8 Å². The highest BCUT2D eigenvalue weighted by Crippen LogP contribution is 2.25. The van der Waals surface area contributed by atoms with Crippen LogP contribution in [0.5, 0.6) is 0 Å². The van der Waals surface area contributed by atoms with Crippen LogP contribution in [0.2, 0.25) is 0 Å². The molecular formula is C23H30F9N3O7S. The molecule has 10 nitrogen and oxygen atoms in total. The lowest BCUT2D eigenvalue weighted by Gasteiger charge is -2.37. The Morgan fingerprint density at radius 2 is 1.28 bits per heavy atom. The van der Waals surface area contributed by atoms with E-state index in [-0.39, 0.29) is 0 Å². The van der Waals surface area contributed by atoms with Gasteiger partial charge in [-0.25, -0.2) is 14.4 Å². The van der Waals surface area contributed by atoms with Gasteiger partial charge >= 0.3 is 36.4 Å². The number of fused-ring (bicyclic) bond motifs is 1. The number of morpholine rings is 1. The summed E-state index contributed by atoms with van der Waals surface area (Å²) in [6, 6.07) is 2.86. The fraction of sp³-hybridized carbons (Fsp3) is 0.696. The number of rotatable bonds is 5. The van der Waals surface area contributed by atoms with Gasteiger partial charge < -0.3 is 25.0 Å². The second-order valence-electron chi connectivity index (χ2n) is 9.30. The number of ether oxygens (including phenoxy) is 1. The van der Waals surface area contributed by atoms with Crippen LogP contribution >= 0.6 is 11.3 Å². The molecule has 0 bridgehead atoms. The van der Waals surface area contributed by atoms with E-state index >= 15 is 0 Å². The summed E-state index contributed by atoms with van der Waals surface area (Å²) in [6.45, 7) is 10.5. The van der Waals surface area contributed by atoms with E-state index in [0.717, 1.165) is 26.2 Å². The van der Waals surface area contributed by atoms with E-state index in [4.69, 9.17) is 34.4 Å². The number of hydrogen-bond donors (Lipinski definition) is 3. The topological polar surface area (TPSA) is 131 Å². The maximum atomic E-state index is 10.6. The molecule has 0 aliphatic carbocycles. The number of halogens is 9. The molecule has 0 radical (unpaired) electrons. The molecule has 1 aromatic heterocycles. The summed E-state index contributed by atoms with van der Waals surface area (Å²) < 4.78 is 101. The minimum atomic E-state index is -5.08. The molecule has 0 aromatic carbocycles. The Bertz CT molecular complexity index is 945. The molecule has 3 saturated heterocycles. The van der Waals surface area contributed by atoms with Crippen LogP contribution < -0.4 is 0 Å². The molecule has 3 N–H and O–H groups in total. The lowest BCUT2D eigenvalue weighted by molar-refractivity contribution is -0.193. The van der Waals surface area contributed by atoms with Gasteiger partial charge in [0.15, 0.2) is 0 Å². The predicted molar refractivity (Wildman–Crippen MR) is 131 cm³/mol. The zero-order valence-electron chi connectivity index (χ0n) is 22.3. The van der Waals surface area contributed by atoms with E-state index in [9.17, 15) is 39.5 Å². The highest BCUT2D eigenvalue weighted by Gasteiger charge is 2.41. The number of likely N-dealkylation sites (tertiary alicyclic amines) is 2. The van der Waals surface area contributed by atoms with Crippen molar-refractivity contribution in [3.63, 3.8) is 0 Å². The summed E-state index contributed by atoms with van der Waals surface area (Å²) in [6.07, 6.45) is -12.0. The molecule has 20 heteroatoms. The molecule has 4 heterocycles. The van der Waals surface area contributed by atoms with E-state index in [0.29, 0.717) is 12.1 Å². The fourth-order valence-corrected chi connectivity index (χ4v) is 4.82. The Hall–Kier alpha value is -2.68. The molecule has 4 rings (SSSR count). The van der Waals surface area contributed by atoms with Crippen molar-refractivity contribution >= 4 is 29.2 Å². The molecule has 2 atom stereocenters. The molecular weight excluding hydrogens is 633 g/mol. The third kappa shape index (κ3) is 15.1. The van der Waals surface area contributed by atoms with E-state index < -0.39 is 36.4 Å². The number of carbonyl (C=O) groups is 3. The first kappa shape index (κ1) is 38.3. The van der Waals surface area contributed by atoms with Crippen molar-refractivity contribution in [3.05, 3.63) is 22.4 Å². The molecule has 0 spiro atoms. The highest BCUT2D eigenvalue weighted by atomic mass is 32.1. The van der Waals surface area contributed by atoms with Crippen LogP contribution in [0.25, 0.3) is 0 Å². The molecule has 3 aliphatic rings. The van der Waals surface area contributed by atoms with Gasteiger partial charge in [0, 0.05) is 45.3 Å². The number of thiophene rings is 1. The van der Waals surface area contributed by atoms with Gasteiger partial charge in [-0.15, -0.1) is 0 Å². The van der Waals surface area contributed by atoms with Gasteiger partial charge in [-0.3, -0.25) is 9.80 Å². The van der Waals surface area contributed by atoms with E-state index in [1.165, 1.54) is 51.1 Å². The Balaban J connectivity index is 0.000000363. The van der Waals surface area contributed by atoms with Crippen LogP contribution in [-0.2, 0) is 25.7 Å². The van der Waals surface area contributed by atoms with Gasteiger partial charge in [-0.1, -0.05) is 0 Å². The maximum absolute atomic E-state index is 10.6. The third-order valence-corrected chi connectivity index (χ3v) is 6.84. The quantitative estimate of drug-likeness (QED) is 0.402. The van der Waals surface area contributed by atoms with Crippen molar-refractivity contribution in [2.75, 3.05) is 52.4 Å². The molecule has 0 unspecified atom stereocenters. The van der Waals surface area contributed by atoms with Gasteiger partial charge in [0.2, 0.25) is 0 Å². The van der Waals surface area contributed by atoms with Crippen molar-refractivity contribution < 1.29 is 74.0 Å². The summed E-state index contributed by atoms with van der Waals surface area (Å²) in [5, 5.41) is 25.8. The Morgan fingerprint density at radius 1 is 0.791 bits per heavy atom. The molecule has 3 fully saturated rings. The van der Waals surface area contributed by atoms with Gasteiger partial charge in [-0.2, -0.15) is 50.9 Å². The first-order valence-corrected chi connectivity index (χ1v) is 13.4. The van der Waals surface area contributed by atoms with Gasteiger partial charge in [0.25, 0.3) is 0 Å². The number of nitrogens with zero attached hydrogens (tertiary/aromatic N) is 3. The van der Waals surface area contributed by atoms with Crippen LogP contribution in [0, 0.1) is 0 Å². The summed E-state index contributed by atoms with van der Waals surface area (Å²) in [5.74, 6) is -8.27. The maximum Gasteiger partial charge on any atom is 0.490 e. The third-order valence-electron chi connectivity index (χ3n) is 6.11. The molecule has 1 aromatic rings. The van der Waals surface area contributed by atoms with Gasteiger partial charge in [0.05, 0.1) is 12.7 Å². The minimum Gasteiger partial charge on any atom is -0.475 e. The van der Waals surface area contributed by atoms with Crippen LogP contribution in [0.3, 0.4) is 0 Å². The number of carboxylic acids is 3. The van der Waals surface area contributed by atoms with E-state index in [1.54, 1.807) is 11.3 Å². The van der Waals surface area contributed by atoms with Crippen LogP contribution in [0.1, 0.15) is 18.4 Å². The van der Waals surface area contributed by atoms with Gasteiger partial charge in [0.1, 0.15) is 0 Å². The first-order chi connectivity index (χ1) is 19.7.